The summed E-state index contributed by atoms with van der Waals surface area (Å²) in [5, 5.41) is 14.9. The fraction of sp³-hybridized carbons (Fsp3) is 0.200. The highest BCUT2D eigenvalue weighted by atomic mass is 79.9. The zero-order valence-corrected chi connectivity index (χ0v) is 14.0. The summed E-state index contributed by atoms with van der Waals surface area (Å²) < 4.78 is 0.959. The minimum atomic E-state index is -0.364. The number of nitrogens with one attached hydrogen (secondary N) is 1. The Morgan fingerprint density at radius 1 is 1.24 bits per heavy atom. The van der Waals surface area contributed by atoms with Gasteiger partial charge >= 0.3 is 0 Å². The highest BCUT2D eigenvalue weighted by Gasteiger charge is 2.13. The van der Waals surface area contributed by atoms with Crippen molar-refractivity contribution in [1.82, 2.24) is 0 Å². The number of hydrogen-bond donors (Lipinski definition) is 1. The molecule has 4 nitrogen and oxygen atoms in total. The first kappa shape index (κ1) is 15.8. The van der Waals surface area contributed by atoms with Crippen LogP contribution in [0.4, 0.5) is 11.4 Å². The van der Waals surface area contributed by atoms with Crippen LogP contribution in [-0.4, -0.2) is 4.92 Å². The minimum absolute atomic E-state index is 0.138. The van der Waals surface area contributed by atoms with Crippen LogP contribution < -0.4 is 5.32 Å². The van der Waals surface area contributed by atoms with Crippen molar-refractivity contribution < 1.29 is 4.92 Å². The average molecular weight is 370 g/mol. The molecule has 0 fully saturated rings. The van der Waals surface area contributed by atoms with Gasteiger partial charge in [0.05, 0.1) is 4.92 Å². The van der Waals surface area contributed by atoms with Gasteiger partial charge in [-0.25, -0.2) is 0 Å². The Labute approximate surface area is 136 Å². The Hall–Kier alpha value is -1.59. The Kier molecular flexibility index (Phi) is 4.85. The smallest absolute Gasteiger partial charge is 0.272 e. The molecule has 0 unspecified atom stereocenters. The van der Waals surface area contributed by atoms with Crippen LogP contribution in [0.2, 0.25) is 5.02 Å². The van der Waals surface area contributed by atoms with E-state index >= 15 is 0 Å². The molecule has 0 saturated carbocycles. The van der Waals surface area contributed by atoms with Crippen LogP contribution in [0.1, 0.15) is 16.7 Å². The van der Waals surface area contributed by atoms with Crippen molar-refractivity contribution in [2.75, 3.05) is 5.32 Å². The molecule has 0 amide bonds. The Balaban J connectivity index is 2.22. The summed E-state index contributed by atoms with van der Waals surface area (Å²) in [6.07, 6.45) is 0. The van der Waals surface area contributed by atoms with Crippen molar-refractivity contribution in [2.45, 2.75) is 20.4 Å². The number of halogens is 2. The first-order valence-corrected chi connectivity index (χ1v) is 7.49. The quantitative estimate of drug-likeness (QED) is 0.592. The monoisotopic (exact) mass is 368 g/mol. The molecule has 2 rings (SSSR count). The zero-order chi connectivity index (χ0) is 15.6. The molecule has 0 saturated heterocycles. The molecule has 2 aromatic rings. The molecule has 0 radical (unpaired) electrons. The van der Waals surface area contributed by atoms with Gasteiger partial charge in [-0.05, 0) is 49.2 Å². The number of nitrogens with zero attached hydrogens (tertiary/aromatic N) is 1. The van der Waals surface area contributed by atoms with Crippen molar-refractivity contribution in [3.63, 3.8) is 0 Å². The van der Waals surface area contributed by atoms with Gasteiger partial charge in [0.25, 0.3) is 5.69 Å². The summed E-state index contributed by atoms with van der Waals surface area (Å²) in [6, 6.07) is 9.03. The summed E-state index contributed by atoms with van der Waals surface area (Å²) in [6.45, 7) is 4.13. The first-order chi connectivity index (χ1) is 9.88. The molecule has 0 spiro atoms. The predicted molar refractivity (Wildman–Crippen MR) is 89.0 cm³/mol. The molecule has 110 valence electrons. The van der Waals surface area contributed by atoms with Crippen LogP contribution in [0.5, 0.6) is 0 Å². The maximum Gasteiger partial charge on any atom is 0.272 e. The molecular formula is C15H14BrClN2O2. The second-order valence-electron chi connectivity index (χ2n) is 4.80. The zero-order valence-electron chi connectivity index (χ0n) is 11.6. The van der Waals surface area contributed by atoms with Crippen molar-refractivity contribution in [3.05, 3.63) is 66.6 Å². The molecule has 1 N–H and O–H groups in total. The van der Waals surface area contributed by atoms with E-state index in [2.05, 4.69) is 21.2 Å². The van der Waals surface area contributed by atoms with E-state index in [1.54, 1.807) is 19.1 Å². The summed E-state index contributed by atoms with van der Waals surface area (Å²) >= 11 is 9.56. The number of benzene rings is 2. The second-order valence-corrected chi connectivity index (χ2v) is 6.12. The van der Waals surface area contributed by atoms with Crippen LogP contribution in [0.25, 0.3) is 0 Å². The van der Waals surface area contributed by atoms with Gasteiger partial charge in [0, 0.05) is 33.4 Å². The van der Waals surface area contributed by atoms with E-state index in [4.69, 9.17) is 11.6 Å². The van der Waals surface area contributed by atoms with Gasteiger partial charge in [0.1, 0.15) is 0 Å². The number of hydrogen-bond acceptors (Lipinski definition) is 3. The molecule has 0 atom stereocenters. The number of rotatable bonds is 4. The van der Waals surface area contributed by atoms with Gasteiger partial charge in [-0.15, -0.1) is 0 Å². The van der Waals surface area contributed by atoms with E-state index in [9.17, 15) is 10.1 Å². The van der Waals surface area contributed by atoms with E-state index < -0.39 is 0 Å². The summed E-state index contributed by atoms with van der Waals surface area (Å²) in [5.41, 5.74) is 3.43. The third-order valence-electron chi connectivity index (χ3n) is 3.22. The van der Waals surface area contributed by atoms with Gasteiger partial charge in [0.15, 0.2) is 0 Å². The summed E-state index contributed by atoms with van der Waals surface area (Å²) in [7, 11) is 0. The number of aryl methyl sites for hydroxylation is 2. The molecule has 0 heterocycles. The maximum atomic E-state index is 10.9. The summed E-state index contributed by atoms with van der Waals surface area (Å²) in [4.78, 5) is 10.5. The topological polar surface area (TPSA) is 55.2 Å². The van der Waals surface area contributed by atoms with Crippen molar-refractivity contribution in [2.24, 2.45) is 0 Å². The molecule has 0 aromatic heterocycles. The SMILES string of the molecule is Cc1cc([N+](=O)[O-])c(C)cc1NCc1cc(Br)ccc1Cl. The molecular weight excluding hydrogens is 356 g/mol. The van der Waals surface area contributed by atoms with E-state index in [0.29, 0.717) is 17.1 Å². The van der Waals surface area contributed by atoms with Gasteiger partial charge < -0.3 is 5.32 Å². The predicted octanol–water partition coefficient (Wildman–Crippen LogP) is 5.24. The lowest BCUT2D eigenvalue weighted by molar-refractivity contribution is -0.385. The van der Waals surface area contributed by atoms with E-state index in [-0.39, 0.29) is 10.6 Å². The Bertz CT molecular complexity index is 704. The van der Waals surface area contributed by atoms with Crippen molar-refractivity contribution >= 4 is 38.9 Å². The van der Waals surface area contributed by atoms with Gasteiger partial charge in [-0.1, -0.05) is 27.5 Å². The third-order valence-corrected chi connectivity index (χ3v) is 4.08. The standard InChI is InChI=1S/C15H14BrClN2O2/c1-9-6-15(19(20)21)10(2)5-14(9)18-8-11-7-12(16)3-4-13(11)17/h3-7,18H,8H2,1-2H3. The third kappa shape index (κ3) is 3.74. The highest BCUT2D eigenvalue weighted by Crippen LogP contribution is 2.27. The van der Waals surface area contributed by atoms with Crippen LogP contribution in [-0.2, 0) is 6.54 Å². The van der Waals surface area contributed by atoms with E-state index in [0.717, 1.165) is 21.3 Å². The van der Waals surface area contributed by atoms with Gasteiger partial charge in [0.2, 0.25) is 0 Å². The molecule has 0 aliphatic carbocycles. The van der Waals surface area contributed by atoms with Crippen LogP contribution in [0.3, 0.4) is 0 Å². The first-order valence-electron chi connectivity index (χ1n) is 6.32. The molecule has 0 bridgehead atoms. The fourth-order valence-corrected chi connectivity index (χ4v) is 2.65. The summed E-state index contributed by atoms with van der Waals surface area (Å²) in [5.74, 6) is 0. The maximum absolute atomic E-state index is 10.9. The molecule has 0 aliphatic heterocycles. The van der Waals surface area contributed by atoms with Crippen molar-refractivity contribution in [1.29, 1.82) is 0 Å². The molecule has 21 heavy (non-hydrogen) atoms. The van der Waals surface area contributed by atoms with Gasteiger partial charge in [-0.3, -0.25) is 10.1 Å². The lowest BCUT2D eigenvalue weighted by Crippen LogP contribution is -2.03. The van der Waals surface area contributed by atoms with Gasteiger partial charge in [-0.2, -0.15) is 0 Å². The Morgan fingerprint density at radius 2 is 1.95 bits per heavy atom. The molecule has 0 aliphatic rings. The molecule has 6 heteroatoms. The highest BCUT2D eigenvalue weighted by molar-refractivity contribution is 9.10. The lowest BCUT2D eigenvalue weighted by atomic mass is 10.1. The fourth-order valence-electron chi connectivity index (χ4n) is 2.06. The van der Waals surface area contributed by atoms with Crippen LogP contribution in [0, 0.1) is 24.0 Å². The second kappa shape index (κ2) is 6.45. The minimum Gasteiger partial charge on any atom is -0.381 e. The van der Waals surface area contributed by atoms with Crippen molar-refractivity contribution in [3.8, 4) is 0 Å². The Morgan fingerprint density at radius 3 is 2.62 bits per heavy atom. The number of nitro groups is 1. The van der Waals surface area contributed by atoms with Crippen LogP contribution in [0.15, 0.2) is 34.8 Å². The van der Waals surface area contributed by atoms with E-state index in [1.165, 1.54) is 0 Å². The number of anilines is 1. The average Bonchev–Trinajstić information content (AvgIpc) is 2.42. The molecule has 2 aromatic carbocycles. The van der Waals surface area contributed by atoms with E-state index in [1.807, 2.05) is 25.1 Å². The van der Waals surface area contributed by atoms with Crippen LogP contribution >= 0.6 is 27.5 Å². The number of nitro benzene ring substituents is 1. The largest absolute Gasteiger partial charge is 0.381 e. The lowest BCUT2D eigenvalue weighted by Gasteiger charge is -2.12. The normalized spacial score (nSPS) is 10.5.